The quantitative estimate of drug-likeness (QED) is 0.917. The minimum atomic E-state index is -3.26. The Balaban J connectivity index is 2.14. The first-order valence-electron chi connectivity index (χ1n) is 7.50. The molecule has 0 heterocycles. The van der Waals surface area contributed by atoms with Gasteiger partial charge in [-0.25, -0.2) is 8.42 Å². The molecule has 118 valence electrons. The zero-order valence-electron chi connectivity index (χ0n) is 12.9. The molecule has 1 aliphatic carbocycles. The van der Waals surface area contributed by atoms with Crippen LogP contribution in [0.15, 0.2) is 23.1 Å². The SMILES string of the molecule is CC1CCC(NCc2c(Cl)cccc2S(C)(=O)=O)C(C)C1. The maximum Gasteiger partial charge on any atom is 0.175 e. The second kappa shape index (κ2) is 6.67. The van der Waals surface area contributed by atoms with Gasteiger partial charge in [-0.15, -0.1) is 0 Å². The number of benzene rings is 1. The Hall–Kier alpha value is -0.580. The average Bonchev–Trinajstić information content (AvgIpc) is 2.37. The van der Waals surface area contributed by atoms with Crippen LogP contribution in [-0.4, -0.2) is 20.7 Å². The van der Waals surface area contributed by atoms with E-state index >= 15 is 0 Å². The number of rotatable bonds is 4. The molecule has 0 amide bonds. The molecule has 0 radical (unpaired) electrons. The summed E-state index contributed by atoms with van der Waals surface area (Å²) in [6.45, 7) is 5.06. The van der Waals surface area contributed by atoms with Crippen molar-refractivity contribution in [3.8, 4) is 0 Å². The Bertz CT molecular complexity index is 600. The van der Waals surface area contributed by atoms with Crippen LogP contribution in [0.2, 0.25) is 5.02 Å². The Morgan fingerprint density at radius 1 is 1.29 bits per heavy atom. The highest BCUT2D eigenvalue weighted by atomic mass is 35.5. The predicted molar refractivity (Wildman–Crippen MR) is 87.4 cm³/mol. The Labute approximate surface area is 133 Å². The van der Waals surface area contributed by atoms with Crippen molar-refractivity contribution >= 4 is 21.4 Å². The maximum absolute atomic E-state index is 11.9. The monoisotopic (exact) mass is 329 g/mol. The van der Waals surface area contributed by atoms with E-state index in [-0.39, 0.29) is 0 Å². The van der Waals surface area contributed by atoms with Crippen molar-refractivity contribution in [1.82, 2.24) is 5.32 Å². The molecule has 1 aromatic rings. The van der Waals surface area contributed by atoms with Crippen LogP contribution in [0.4, 0.5) is 0 Å². The fraction of sp³-hybridized carbons (Fsp3) is 0.625. The summed E-state index contributed by atoms with van der Waals surface area (Å²) in [5.74, 6) is 1.39. The molecule has 5 heteroatoms. The second-order valence-electron chi connectivity index (χ2n) is 6.37. The molecule has 21 heavy (non-hydrogen) atoms. The van der Waals surface area contributed by atoms with E-state index in [1.807, 2.05) is 0 Å². The minimum absolute atomic E-state index is 0.333. The molecule has 0 saturated heterocycles. The molecule has 1 N–H and O–H groups in total. The molecule has 1 saturated carbocycles. The fourth-order valence-electron chi connectivity index (χ4n) is 3.26. The van der Waals surface area contributed by atoms with Gasteiger partial charge in [0.05, 0.1) is 4.90 Å². The van der Waals surface area contributed by atoms with Crippen LogP contribution in [0.5, 0.6) is 0 Å². The second-order valence-corrected chi connectivity index (χ2v) is 8.76. The topological polar surface area (TPSA) is 46.2 Å². The standard InChI is InChI=1S/C16H24ClNO2S/c1-11-7-8-15(12(2)9-11)18-10-13-14(17)5-4-6-16(13)21(3,19)20/h4-6,11-12,15,18H,7-10H2,1-3H3. The number of sulfone groups is 1. The normalized spacial score (nSPS) is 26.8. The first-order chi connectivity index (χ1) is 9.79. The van der Waals surface area contributed by atoms with Crippen molar-refractivity contribution in [3.05, 3.63) is 28.8 Å². The molecular formula is C16H24ClNO2S. The van der Waals surface area contributed by atoms with Gasteiger partial charge < -0.3 is 5.32 Å². The maximum atomic E-state index is 11.9. The van der Waals surface area contributed by atoms with E-state index in [0.717, 1.165) is 12.3 Å². The summed E-state index contributed by atoms with van der Waals surface area (Å²) in [4.78, 5) is 0.333. The zero-order chi connectivity index (χ0) is 15.6. The van der Waals surface area contributed by atoms with Crippen molar-refractivity contribution in [2.75, 3.05) is 6.26 Å². The molecule has 0 spiro atoms. The third-order valence-corrected chi connectivity index (χ3v) is 5.98. The van der Waals surface area contributed by atoms with Crippen molar-refractivity contribution in [3.63, 3.8) is 0 Å². The molecule has 3 unspecified atom stereocenters. The van der Waals surface area contributed by atoms with Crippen molar-refractivity contribution in [1.29, 1.82) is 0 Å². The molecule has 3 nitrogen and oxygen atoms in total. The van der Waals surface area contributed by atoms with Gasteiger partial charge >= 0.3 is 0 Å². The lowest BCUT2D eigenvalue weighted by Crippen LogP contribution is -2.38. The third-order valence-electron chi connectivity index (χ3n) is 4.45. The van der Waals surface area contributed by atoms with Gasteiger partial charge in [-0.3, -0.25) is 0 Å². The van der Waals surface area contributed by atoms with E-state index in [0.29, 0.717) is 34.0 Å². The Morgan fingerprint density at radius 2 is 2.00 bits per heavy atom. The molecule has 0 aromatic heterocycles. The van der Waals surface area contributed by atoms with E-state index in [9.17, 15) is 8.42 Å². The van der Waals surface area contributed by atoms with Crippen LogP contribution in [0.1, 0.15) is 38.7 Å². The number of halogens is 1. The molecule has 3 atom stereocenters. The summed E-state index contributed by atoms with van der Waals surface area (Å²) in [6, 6.07) is 5.50. The average molecular weight is 330 g/mol. The van der Waals surface area contributed by atoms with E-state index in [1.54, 1.807) is 18.2 Å². The van der Waals surface area contributed by atoms with Crippen LogP contribution in [0.3, 0.4) is 0 Å². The van der Waals surface area contributed by atoms with Crippen LogP contribution in [0, 0.1) is 11.8 Å². The number of hydrogen-bond donors (Lipinski definition) is 1. The largest absolute Gasteiger partial charge is 0.310 e. The Morgan fingerprint density at radius 3 is 2.62 bits per heavy atom. The first kappa shape index (κ1) is 16.8. The van der Waals surface area contributed by atoms with Crippen LogP contribution in [0.25, 0.3) is 0 Å². The predicted octanol–water partition coefficient (Wildman–Crippen LogP) is 3.66. The Kier molecular flexibility index (Phi) is 5.33. The summed E-state index contributed by atoms with van der Waals surface area (Å²) < 4.78 is 23.8. The zero-order valence-corrected chi connectivity index (χ0v) is 14.5. The molecule has 1 aliphatic rings. The molecule has 1 fully saturated rings. The van der Waals surface area contributed by atoms with Gasteiger partial charge in [0, 0.05) is 29.4 Å². The minimum Gasteiger partial charge on any atom is -0.310 e. The van der Waals surface area contributed by atoms with Gasteiger partial charge in [-0.1, -0.05) is 31.5 Å². The lowest BCUT2D eigenvalue weighted by Gasteiger charge is -2.33. The lowest BCUT2D eigenvalue weighted by atomic mass is 9.80. The van der Waals surface area contributed by atoms with Gasteiger partial charge in [-0.05, 0) is 43.2 Å². The van der Waals surface area contributed by atoms with E-state index < -0.39 is 9.84 Å². The fourth-order valence-corrected chi connectivity index (χ4v) is 4.51. The summed E-state index contributed by atoms with van der Waals surface area (Å²) in [5, 5.41) is 4.03. The molecule has 0 bridgehead atoms. The van der Waals surface area contributed by atoms with E-state index in [2.05, 4.69) is 19.2 Å². The molecule has 0 aliphatic heterocycles. The van der Waals surface area contributed by atoms with Crippen LogP contribution < -0.4 is 5.32 Å². The smallest absolute Gasteiger partial charge is 0.175 e. The van der Waals surface area contributed by atoms with Crippen LogP contribution >= 0.6 is 11.6 Å². The van der Waals surface area contributed by atoms with Crippen molar-refractivity contribution in [2.24, 2.45) is 11.8 Å². The van der Waals surface area contributed by atoms with Crippen molar-refractivity contribution < 1.29 is 8.42 Å². The molecule has 1 aromatic carbocycles. The highest BCUT2D eigenvalue weighted by Crippen LogP contribution is 2.30. The van der Waals surface area contributed by atoms with Gasteiger partial charge in [0.2, 0.25) is 0 Å². The van der Waals surface area contributed by atoms with E-state index in [4.69, 9.17) is 11.6 Å². The molecular weight excluding hydrogens is 306 g/mol. The summed E-state index contributed by atoms with van der Waals surface area (Å²) >= 11 is 6.21. The van der Waals surface area contributed by atoms with Crippen molar-refractivity contribution in [2.45, 2.75) is 50.6 Å². The first-order valence-corrected chi connectivity index (χ1v) is 9.76. The number of hydrogen-bond acceptors (Lipinski definition) is 3. The van der Waals surface area contributed by atoms with Gasteiger partial charge in [-0.2, -0.15) is 0 Å². The van der Waals surface area contributed by atoms with Gasteiger partial charge in [0.25, 0.3) is 0 Å². The summed E-state index contributed by atoms with van der Waals surface area (Å²) in [7, 11) is -3.26. The van der Waals surface area contributed by atoms with Gasteiger partial charge in [0.15, 0.2) is 9.84 Å². The number of nitrogens with one attached hydrogen (secondary N) is 1. The van der Waals surface area contributed by atoms with Gasteiger partial charge in [0.1, 0.15) is 0 Å². The molecule has 2 rings (SSSR count). The van der Waals surface area contributed by atoms with Crippen LogP contribution in [-0.2, 0) is 16.4 Å². The highest BCUT2D eigenvalue weighted by Gasteiger charge is 2.25. The summed E-state index contributed by atoms with van der Waals surface area (Å²) in [5.41, 5.74) is 0.687. The summed E-state index contributed by atoms with van der Waals surface area (Å²) in [6.07, 6.45) is 4.82. The lowest BCUT2D eigenvalue weighted by molar-refractivity contribution is 0.227. The van der Waals surface area contributed by atoms with E-state index in [1.165, 1.54) is 19.1 Å². The third kappa shape index (κ3) is 4.21. The highest BCUT2D eigenvalue weighted by molar-refractivity contribution is 7.90.